The van der Waals surface area contributed by atoms with Gasteiger partial charge in [-0.25, -0.2) is 8.42 Å². The zero-order chi connectivity index (χ0) is 23.3. The molecule has 8 nitrogen and oxygen atoms in total. The van der Waals surface area contributed by atoms with E-state index in [0.29, 0.717) is 23.8 Å². The molecule has 1 aromatic heterocycles. The van der Waals surface area contributed by atoms with Gasteiger partial charge in [0.1, 0.15) is 0 Å². The first-order valence-corrected chi connectivity index (χ1v) is 12.2. The number of hydrogen-bond acceptors (Lipinski definition) is 6. The Labute approximate surface area is 188 Å². The van der Waals surface area contributed by atoms with Crippen molar-refractivity contribution in [1.82, 2.24) is 15.5 Å². The van der Waals surface area contributed by atoms with E-state index in [9.17, 15) is 13.2 Å². The number of hydrogen-bond donors (Lipinski definition) is 1. The lowest BCUT2D eigenvalue weighted by Gasteiger charge is -2.23. The average Bonchev–Trinajstić information content (AvgIpc) is 3.17. The molecule has 0 radical (unpaired) electrons. The van der Waals surface area contributed by atoms with Crippen LogP contribution in [0.25, 0.3) is 11.4 Å². The number of amides is 1. The summed E-state index contributed by atoms with van der Waals surface area (Å²) < 4.78 is 31.1. The van der Waals surface area contributed by atoms with Gasteiger partial charge in [-0.05, 0) is 56.5 Å². The van der Waals surface area contributed by atoms with Crippen LogP contribution >= 0.6 is 0 Å². The highest BCUT2D eigenvalue weighted by Crippen LogP contribution is 2.22. The van der Waals surface area contributed by atoms with Gasteiger partial charge in [0.15, 0.2) is 0 Å². The number of carbonyl (C=O) groups excluding carboxylic acids is 1. The van der Waals surface area contributed by atoms with E-state index in [0.717, 1.165) is 22.3 Å². The first-order valence-electron chi connectivity index (χ1n) is 10.3. The molecule has 2 aromatic carbocycles. The Bertz CT molecular complexity index is 1180. The molecule has 3 rings (SSSR count). The zero-order valence-corrected chi connectivity index (χ0v) is 19.6. The monoisotopic (exact) mass is 456 g/mol. The van der Waals surface area contributed by atoms with Crippen molar-refractivity contribution in [3.63, 3.8) is 0 Å². The quantitative estimate of drug-likeness (QED) is 0.528. The lowest BCUT2D eigenvalue weighted by Crippen LogP contribution is -2.32. The topological polar surface area (TPSA) is 105 Å². The maximum absolute atomic E-state index is 12.3. The van der Waals surface area contributed by atoms with Gasteiger partial charge in [0, 0.05) is 18.5 Å². The molecule has 0 saturated heterocycles. The summed E-state index contributed by atoms with van der Waals surface area (Å²) in [5.41, 5.74) is 4.51. The number of benzene rings is 2. The Hall–Kier alpha value is -3.20. The number of rotatable bonds is 9. The summed E-state index contributed by atoms with van der Waals surface area (Å²) in [6.45, 7) is 6.16. The minimum atomic E-state index is -3.46. The summed E-state index contributed by atoms with van der Waals surface area (Å²) in [4.78, 5) is 16.6. The molecule has 0 fully saturated rings. The van der Waals surface area contributed by atoms with E-state index in [-0.39, 0.29) is 25.4 Å². The summed E-state index contributed by atoms with van der Waals surface area (Å²) in [7, 11) is -3.46. The number of nitrogens with one attached hydrogen (secondary N) is 1. The van der Waals surface area contributed by atoms with Crippen molar-refractivity contribution in [1.29, 1.82) is 0 Å². The maximum Gasteiger partial charge on any atom is 0.246 e. The third-order valence-electron chi connectivity index (χ3n) is 4.84. The first kappa shape index (κ1) is 23.5. The van der Waals surface area contributed by atoms with Crippen LogP contribution in [0.4, 0.5) is 5.69 Å². The van der Waals surface area contributed by atoms with Crippen LogP contribution in [0.3, 0.4) is 0 Å². The molecule has 0 saturated carbocycles. The zero-order valence-electron chi connectivity index (χ0n) is 18.8. The van der Waals surface area contributed by atoms with E-state index in [4.69, 9.17) is 4.52 Å². The van der Waals surface area contributed by atoms with Crippen LogP contribution in [0, 0.1) is 20.8 Å². The fourth-order valence-corrected chi connectivity index (χ4v) is 4.40. The fraction of sp³-hybridized carbons (Fsp3) is 0.348. The molecule has 32 heavy (non-hydrogen) atoms. The predicted octanol–water partition coefficient (Wildman–Crippen LogP) is 3.52. The largest absolute Gasteiger partial charge is 0.347 e. The van der Waals surface area contributed by atoms with Crippen LogP contribution in [-0.2, 0) is 21.4 Å². The molecule has 0 aliphatic heterocycles. The minimum absolute atomic E-state index is 0.116. The van der Waals surface area contributed by atoms with Gasteiger partial charge in [-0.15, -0.1) is 0 Å². The number of aromatic nitrogens is 2. The van der Waals surface area contributed by atoms with Gasteiger partial charge in [-0.2, -0.15) is 4.98 Å². The van der Waals surface area contributed by atoms with Crippen LogP contribution in [0.15, 0.2) is 47.0 Å². The van der Waals surface area contributed by atoms with E-state index in [1.807, 2.05) is 63.2 Å². The average molecular weight is 457 g/mol. The van der Waals surface area contributed by atoms with Gasteiger partial charge in [-0.1, -0.05) is 35.0 Å². The first-order chi connectivity index (χ1) is 15.1. The van der Waals surface area contributed by atoms with Gasteiger partial charge in [0.2, 0.25) is 27.6 Å². The highest BCUT2D eigenvalue weighted by atomic mass is 32.2. The van der Waals surface area contributed by atoms with Crippen LogP contribution < -0.4 is 9.62 Å². The van der Waals surface area contributed by atoms with E-state index in [2.05, 4.69) is 15.5 Å². The van der Waals surface area contributed by atoms with Crippen molar-refractivity contribution in [2.24, 2.45) is 0 Å². The molecule has 0 atom stereocenters. The molecule has 1 amide bonds. The van der Waals surface area contributed by atoms with Gasteiger partial charge >= 0.3 is 0 Å². The molecule has 0 spiro atoms. The van der Waals surface area contributed by atoms with E-state index >= 15 is 0 Å². The molecular weight excluding hydrogens is 428 g/mol. The number of carbonyl (C=O) groups is 1. The summed E-state index contributed by atoms with van der Waals surface area (Å²) in [5, 5.41) is 6.70. The van der Waals surface area contributed by atoms with Crippen molar-refractivity contribution < 1.29 is 17.7 Å². The normalized spacial score (nSPS) is 11.4. The van der Waals surface area contributed by atoms with Crippen molar-refractivity contribution in [2.45, 2.75) is 40.2 Å². The Kier molecular flexibility index (Phi) is 7.29. The second kappa shape index (κ2) is 9.95. The number of nitrogens with zero attached hydrogens (tertiary/aromatic N) is 3. The lowest BCUT2D eigenvalue weighted by molar-refractivity contribution is -0.121. The lowest BCUT2D eigenvalue weighted by atomic mass is 10.1. The molecule has 170 valence electrons. The molecule has 0 bridgehead atoms. The van der Waals surface area contributed by atoms with Crippen molar-refractivity contribution in [3.8, 4) is 11.4 Å². The fourth-order valence-electron chi connectivity index (χ4n) is 3.45. The van der Waals surface area contributed by atoms with Gasteiger partial charge in [-0.3, -0.25) is 9.10 Å². The number of sulfonamides is 1. The van der Waals surface area contributed by atoms with Gasteiger partial charge in [0.05, 0.1) is 18.5 Å². The maximum atomic E-state index is 12.3. The molecule has 0 aliphatic carbocycles. The van der Waals surface area contributed by atoms with Crippen LogP contribution in [0.5, 0.6) is 0 Å². The smallest absolute Gasteiger partial charge is 0.246 e. The van der Waals surface area contributed by atoms with Crippen LogP contribution in [-0.4, -0.2) is 37.3 Å². The molecule has 3 aromatic rings. The highest BCUT2D eigenvalue weighted by molar-refractivity contribution is 7.92. The third-order valence-corrected chi connectivity index (χ3v) is 6.04. The second-order valence-electron chi connectivity index (χ2n) is 7.94. The highest BCUT2D eigenvalue weighted by Gasteiger charge is 2.18. The molecule has 0 aliphatic rings. The Morgan fingerprint density at radius 3 is 2.44 bits per heavy atom. The van der Waals surface area contributed by atoms with Crippen molar-refractivity contribution in [3.05, 3.63) is 65.0 Å². The Balaban J connectivity index is 1.53. The molecule has 1 N–H and O–H groups in total. The van der Waals surface area contributed by atoms with Crippen LogP contribution in [0.2, 0.25) is 0 Å². The van der Waals surface area contributed by atoms with Crippen molar-refractivity contribution in [2.75, 3.05) is 17.1 Å². The van der Waals surface area contributed by atoms with E-state index < -0.39 is 10.0 Å². The van der Waals surface area contributed by atoms with Crippen LogP contribution in [0.1, 0.15) is 35.4 Å². The molecule has 1 heterocycles. The Morgan fingerprint density at radius 2 is 1.78 bits per heavy atom. The summed E-state index contributed by atoms with van der Waals surface area (Å²) >= 11 is 0. The second-order valence-corrected chi connectivity index (χ2v) is 9.85. The summed E-state index contributed by atoms with van der Waals surface area (Å²) in [6.07, 6.45) is 1.73. The minimum Gasteiger partial charge on any atom is -0.347 e. The Morgan fingerprint density at radius 1 is 1.06 bits per heavy atom. The van der Waals surface area contributed by atoms with Crippen molar-refractivity contribution >= 4 is 21.6 Å². The predicted molar refractivity (Wildman–Crippen MR) is 124 cm³/mol. The summed E-state index contributed by atoms with van der Waals surface area (Å²) in [5.74, 6) is 0.562. The van der Waals surface area contributed by atoms with Gasteiger partial charge in [0.25, 0.3) is 0 Å². The van der Waals surface area contributed by atoms with E-state index in [1.54, 1.807) is 0 Å². The van der Waals surface area contributed by atoms with Gasteiger partial charge < -0.3 is 9.84 Å². The summed E-state index contributed by atoms with van der Waals surface area (Å²) in [6, 6.07) is 13.4. The molecular formula is C23H28N4O4S. The third kappa shape index (κ3) is 6.40. The number of anilines is 1. The number of aryl methyl sites for hydroxylation is 3. The SMILES string of the molecule is Cc1cccc(-c2noc(CNC(=O)CCCN(c3cc(C)cc(C)c3)S(C)(=O)=O)n2)c1. The molecule has 9 heteroatoms. The molecule has 0 unspecified atom stereocenters. The standard InChI is InChI=1S/C23H28N4O4S/c1-16-7-5-8-19(12-16)23-25-22(31-26-23)15-24-21(28)9-6-10-27(32(4,29)30)20-13-17(2)11-18(3)14-20/h5,7-8,11-14H,6,9-10,15H2,1-4H3,(H,24,28). The van der Waals surface area contributed by atoms with E-state index in [1.165, 1.54) is 10.6 Å².